The molecule has 1 aromatic carbocycles. The monoisotopic (exact) mass is 308 g/mol. The lowest BCUT2D eigenvalue weighted by atomic mass is 9.84. The van der Waals surface area contributed by atoms with Crippen molar-refractivity contribution in [2.75, 3.05) is 0 Å². The Bertz CT molecular complexity index is 549. The third-order valence-electron chi connectivity index (χ3n) is 3.36. The van der Waals surface area contributed by atoms with E-state index in [0.717, 1.165) is 31.2 Å². The van der Waals surface area contributed by atoms with Gasteiger partial charge in [0.15, 0.2) is 0 Å². The molecule has 18 heavy (non-hydrogen) atoms. The Morgan fingerprint density at radius 2 is 1.72 bits per heavy atom. The van der Waals surface area contributed by atoms with E-state index in [9.17, 15) is 8.42 Å². The first-order chi connectivity index (χ1) is 8.39. The van der Waals surface area contributed by atoms with E-state index in [-0.39, 0.29) is 20.9 Å². The second-order valence-corrected chi connectivity index (χ2v) is 6.82. The summed E-state index contributed by atoms with van der Waals surface area (Å²) in [4.78, 5) is -0.294. The van der Waals surface area contributed by atoms with Gasteiger partial charge in [-0.3, -0.25) is 4.55 Å². The van der Waals surface area contributed by atoms with E-state index in [1.807, 2.05) is 0 Å². The Labute approximate surface area is 117 Å². The Morgan fingerprint density at radius 3 is 2.28 bits per heavy atom. The van der Waals surface area contributed by atoms with Crippen LogP contribution in [0.5, 0.6) is 0 Å². The van der Waals surface area contributed by atoms with Gasteiger partial charge in [0.05, 0.1) is 5.02 Å². The third-order valence-corrected chi connectivity index (χ3v) is 4.98. The van der Waals surface area contributed by atoms with Crippen LogP contribution in [0.3, 0.4) is 0 Å². The minimum atomic E-state index is -4.33. The van der Waals surface area contributed by atoms with Gasteiger partial charge in [0.25, 0.3) is 10.1 Å². The summed E-state index contributed by atoms with van der Waals surface area (Å²) in [6.07, 6.45) is 5.36. The molecule has 1 aliphatic carbocycles. The number of benzene rings is 1. The minimum Gasteiger partial charge on any atom is -0.282 e. The van der Waals surface area contributed by atoms with Crippen LogP contribution >= 0.6 is 23.2 Å². The molecule has 1 fully saturated rings. The van der Waals surface area contributed by atoms with Gasteiger partial charge in [-0.2, -0.15) is 8.42 Å². The standard InChI is InChI=1S/C12H14Cl2O3S/c13-9-6-10(8-4-2-1-3-5-8)12(14)11(7-9)18(15,16)17/h6-8H,1-5H2,(H,15,16,17). The van der Waals surface area contributed by atoms with Crippen molar-refractivity contribution in [3.8, 4) is 0 Å². The third kappa shape index (κ3) is 2.99. The van der Waals surface area contributed by atoms with Gasteiger partial charge in [0, 0.05) is 5.02 Å². The van der Waals surface area contributed by atoms with Crippen molar-refractivity contribution in [1.29, 1.82) is 0 Å². The molecule has 0 spiro atoms. The molecule has 1 aliphatic rings. The lowest BCUT2D eigenvalue weighted by Gasteiger charge is -2.23. The van der Waals surface area contributed by atoms with E-state index in [4.69, 9.17) is 27.8 Å². The fourth-order valence-corrected chi connectivity index (χ4v) is 3.95. The van der Waals surface area contributed by atoms with Gasteiger partial charge in [0.2, 0.25) is 0 Å². The largest absolute Gasteiger partial charge is 0.296 e. The van der Waals surface area contributed by atoms with Gasteiger partial charge in [-0.25, -0.2) is 0 Å². The summed E-state index contributed by atoms with van der Waals surface area (Å²) in [6, 6.07) is 2.89. The van der Waals surface area contributed by atoms with Crippen molar-refractivity contribution in [1.82, 2.24) is 0 Å². The van der Waals surface area contributed by atoms with Crippen LogP contribution in [0.15, 0.2) is 17.0 Å². The topological polar surface area (TPSA) is 54.4 Å². The number of rotatable bonds is 2. The first-order valence-corrected chi connectivity index (χ1v) is 8.05. The Hall–Kier alpha value is -0.290. The van der Waals surface area contributed by atoms with Crippen LogP contribution in [0.4, 0.5) is 0 Å². The quantitative estimate of drug-likeness (QED) is 0.829. The average molecular weight is 309 g/mol. The maximum absolute atomic E-state index is 11.3. The number of hydrogen-bond donors (Lipinski definition) is 1. The molecule has 0 unspecified atom stereocenters. The molecule has 0 atom stereocenters. The predicted molar refractivity (Wildman–Crippen MR) is 72.1 cm³/mol. The molecule has 0 amide bonds. The minimum absolute atomic E-state index is 0.105. The summed E-state index contributed by atoms with van der Waals surface area (Å²) in [7, 11) is -4.33. The zero-order chi connectivity index (χ0) is 13.3. The predicted octanol–water partition coefficient (Wildman–Crippen LogP) is 4.29. The molecule has 0 saturated heterocycles. The summed E-state index contributed by atoms with van der Waals surface area (Å²) in [5, 5.41) is 0.390. The molecular formula is C12H14Cl2O3S. The molecule has 100 valence electrons. The fraction of sp³-hybridized carbons (Fsp3) is 0.500. The van der Waals surface area contributed by atoms with E-state index in [2.05, 4.69) is 0 Å². The van der Waals surface area contributed by atoms with Crippen LogP contribution in [0.2, 0.25) is 10.0 Å². The van der Waals surface area contributed by atoms with E-state index >= 15 is 0 Å². The molecule has 1 aromatic rings. The molecule has 3 nitrogen and oxygen atoms in total. The van der Waals surface area contributed by atoms with Gasteiger partial charge < -0.3 is 0 Å². The summed E-state index contributed by atoms with van der Waals surface area (Å²) in [5.74, 6) is 0.227. The van der Waals surface area contributed by atoms with Crippen molar-refractivity contribution in [3.05, 3.63) is 27.7 Å². The van der Waals surface area contributed by atoms with Gasteiger partial charge in [-0.15, -0.1) is 0 Å². The van der Waals surface area contributed by atoms with Crippen LogP contribution in [0, 0.1) is 0 Å². The maximum Gasteiger partial charge on any atom is 0.296 e. The van der Waals surface area contributed by atoms with Crippen LogP contribution in [-0.2, 0) is 10.1 Å². The highest BCUT2D eigenvalue weighted by atomic mass is 35.5. The zero-order valence-electron chi connectivity index (χ0n) is 9.70. The summed E-state index contributed by atoms with van der Waals surface area (Å²) in [6.45, 7) is 0. The lowest BCUT2D eigenvalue weighted by molar-refractivity contribution is 0.442. The molecule has 0 aliphatic heterocycles. The van der Waals surface area contributed by atoms with Crippen LogP contribution in [-0.4, -0.2) is 13.0 Å². The Kier molecular flexibility index (Phi) is 4.22. The van der Waals surface area contributed by atoms with Crippen molar-refractivity contribution >= 4 is 33.3 Å². The maximum atomic E-state index is 11.3. The van der Waals surface area contributed by atoms with E-state index in [1.54, 1.807) is 6.07 Å². The smallest absolute Gasteiger partial charge is 0.282 e. The molecule has 0 aromatic heterocycles. The molecule has 1 N–H and O–H groups in total. The SMILES string of the molecule is O=S(=O)(O)c1cc(Cl)cc(C2CCCCC2)c1Cl. The summed E-state index contributed by atoms with van der Waals surface area (Å²) < 4.78 is 31.7. The van der Waals surface area contributed by atoms with Crippen LogP contribution < -0.4 is 0 Å². The summed E-state index contributed by atoms with van der Waals surface area (Å²) in [5.41, 5.74) is 0.733. The number of halogens is 2. The van der Waals surface area contributed by atoms with E-state index in [1.165, 1.54) is 12.5 Å². The van der Waals surface area contributed by atoms with Crippen LogP contribution in [0.25, 0.3) is 0 Å². The van der Waals surface area contributed by atoms with Crippen molar-refractivity contribution in [2.24, 2.45) is 0 Å². The molecule has 0 heterocycles. The van der Waals surface area contributed by atoms with Crippen molar-refractivity contribution in [3.63, 3.8) is 0 Å². The highest BCUT2D eigenvalue weighted by molar-refractivity contribution is 7.86. The molecule has 6 heteroatoms. The molecule has 0 radical (unpaired) electrons. The van der Waals surface area contributed by atoms with Gasteiger partial charge in [-0.1, -0.05) is 42.5 Å². The second-order valence-electron chi connectivity index (χ2n) is 4.62. The Balaban J connectivity index is 2.50. The average Bonchev–Trinajstić information content (AvgIpc) is 2.31. The molecule has 0 bridgehead atoms. The molecule has 1 saturated carbocycles. The first kappa shape index (κ1) is 14.1. The van der Waals surface area contributed by atoms with Crippen LogP contribution in [0.1, 0.15) is 43.6 Å². The van der Waals surface area contributed by atoms with E-state index < -0.39 is 10.1 Å². The Morgan fingerprint density at radius 1 is 1.11 bits per heavy atom. The molecular weight excluding hydrogens is 295 g/mol. The zero-order valence-corrected chi connectivity index (χ0v) is 12.0. The normalized spacial score (nSPS) is 17.9. The van der Waals surface area contributed by atoms with Gasteiger partial charge in [0.1, 0.15) is 4.90 Å². The highest BCUT2D eigenvalue weighted by Crippen LogP contribution is 2.40. The lowest BCUT2D eigenvalue weighted by Crippen LogP contribution is -2.08. The van der Waals surface area contributed by atoms with Crippen molar-refractivity contribution < 1.29 is 13.0 Å². The highest BCUT2D eigenvalue weighted by Gasteiger charge is 2.24. The van der Waals surface area contributed by atoms with Gasteiger partial charge in [-0.05, 0) is 36.5 Å². The number of hydrogen-bond acceptors (Lipinski definition) is 2. The van der Waals surface area contributed by atoms with E-state index in [0.29, 0.717) is 0 Å². The fourth-order valence-electron chi connectivity index (χ4n) is 2.48. The molecule has 2 rings (SSSR count). The summed E-state index contributed by atoms with van der Waals surface area (Å²) >= 11 is 12.0. The first-order valence-electron chi connectivity index (χ1n) is 5.86. The second kappa shape index (κ2) is 5.37. The van der Waals surface area contributed by atoms with Crippen molar-refractivity contribution in [2.45, 2.75) is 42.9 Å². The van der Waals surface area contributed by atoms with Gasteiger partial charge >= 0.3 is 0 Å².